The molecule has 0 amide bonds. The molecule has 0 atom stereocenters. The number of rotatable bonds is 7. The summed E-state index contributed by atoms with van der Waals surface area (Å²) in [6.07, 6.45) is 0. The highest BCUT2D eigenvalue weighted by molar-refractivity contribution is 6.14. The van der Waals surface area contributed by atoms with Crippen LogP contribution in [0.2, 0.25) is 0 Å². The van der Waals surface area contributed by atoms with Crippen LogP contribution in [0.1, 0.15) is 5.56 Å². The van der Waals surface area contributed by atoms with Gasteiger partial charge in [-0.15, -0.1) is 0 Å². The van der Waals surface area contributed by atoms with Crippen molar-refractivity contribution in [3.8, 4) is 84.7 Å². The lowest BCUT2D eigenvalue weighted by atomic mass is 9.91. The van der Waals surface area contributed by atoms with Gasteiger partial charge in [0, 0.05) is 16.7 Å². The van der Waals surface area contributed by atoms with E-state index in [4.69, 9.17) is 15.0 Å². The van der Waals surface area contributed by atoms with E-state index in [1.54, 1.807) is 0 Å². The maximum atomic E-state index is 10.3. The van der Waals surface area contributed by atoms with Gasteiger partial charge >= 0.3 is 0 Å². The molecule has 0 fully saturated rings. The average molecular weight is 839 g/mol. The minimum Gasteiger partial charge on any atom is -0.208 e. The van der Waals surface area contributed by atoms with Gasteiger partial charge in [-0.1, -0.05) is 200 Å². The molecule has 0 aliphatic rings. The molecular formula is C62H38N4. The van der Waals surface area contributed by atoms with Gasteiger partial charge in [0.05, 0.1) is 11.6 Å². The number of benzene rings is 11. The van der Waals surface area contributed by atoms with Crippen molar-refractivity contribution >= 4 is 43.1 Å². The van der Waals surface area contributed by atoms with Crippen molar-refractivity contribution in [1.29, 1.82) is 5.26 Å². The van der Waals surface area contributed by atoms with E-state index in [-0.39, 0.29) is 0 Å². The second-order valence-electron chi connectivity index (χ2n) is 16.7. The zero-order valence-corrected chi connectivity index (χ0v) is 35.7. The van der Waals surface area contributed by atoms with Gasteiger partial charge in [-0.3, -0.25) is 0 Å². The van der Waals surface area contributed by atoms with E-state index in [1.807, 2.05) is 48.5 Å². The third-order valence-electron chi connectivity index (χ3n) is 12.7. The Morgan fingerprint density at radius 1 is 0.273 bits per heavy atom. The average Bonchev–Trinajstić information content (AvgIpc) is 3.40. The highest BCUT2D eigenvalue weighted by Gasteiger charge is 2.17. The van der Waals surface area contributed by atoms with E-state index in [0.717, 1.165) is 61.0 Å². The van der Waals surface area contributed by atoms with E-state index in [2.05, 4.69) is 188 Å². The Morgan fingerprint density at radius 2 is 0.773 bits per heavy atom. The fourth-order valence-corrected chi connectivity index (χ4v) is 9.45. The molecule has 0 unspecified atom stereocenters. The molecule has 12 rings (SSSR count). The van der Waals surface area contributed by atoms with Crippen LogP contribution < -0.4 is 0 Å². The molecule has 0 radical (unpaired) electrons. The topological polar surface area (TPSA) is 62.5 Å². The van der Waals surface area contributed by atoms with Crippen molar-refractivity contribution < 1.29 is 0 Å². The van der Waals surface area contributed by atoms with Crippen molar-refractivity contribution in [2.45, 2.75) is 0 Å². The number of fused-ring (bicyclic) bond motifs is 6. The second-order valence-corrected chi connectivity index (χ2v) is 16.7. The molecule has 0 N–H and O–H groups in total. The summed E-state index contributed by atoms with van der Waals surface area (Å²) < 4.78 is 0. The minimum absolute atomic E-state index is 0.599. The fourth-order valence-electron chi connectivity index (χ4n) is 9.45. The summed E-state index contributed by atoms with van der Waals surface area (Å²) in [7, 11) is 0. The van der Waals surface area contributed by atoms with Crippen LogP contribution in [0.4, 0.5) is 0 Å². The van der Waals surface area contributed by atoms with E-state index in [0.29, 0.717) is 23.0 Å². The molecule has 0 aliphatic heterocycles. The Bertz CT molecular complexity index is 3890. The first-order chi connectivity index (χ1) is 32.6. The lowest BCUT2D eigenvalue weighted by Crippen LogP contribution is -2.01. The Kier molecular flexibility index (Phi) is 9.51. The largest absolute Gasteiger partial charge is 0.208 e. The van der Waals surface area contributed by atoms with E-state index >= 15 is 0 Å². The normalized spacial score (nSPS) is 11.3. The summed E-state index contributed by atoms with van der Waals surface area (Å²) in [6.45, 7) is 0. The molecule has 4 heteroatoms. The second kappa shape index (κ2) is 16.3. The van der Waals surface area contributed by atoms with Gasteiger partial charge in [-0.25, -0.2) is 15.0 Å². The van der Waals surface area contributed by atoms with Gasteiger partial charge < -0.3 is 0 Å². The number of nitriles is 1. The maximum absolute atomic E-state index is 10.3. The highest BCUT2D eigenvalue weighted by atomic mass is 15.0. The van der Waals surface area contributed by atoms with Crippen LogP contribution in [0.15, 0.2) is 231 Å². The lowest BCUT2D eigenvalue weighted by Gasteiger charge is -2.14. The Labute approximate surface area is 382 Å². The standard InChI is InChI=1S/C62H38N4/c63-39-40-34-51(37-52(35-40)48-17-10-18-49(36-48)56-23-11-16-46-32-30-43-13-5-7-21-55(43)59(46)56)41-24-26-44(27-25-41)53-19-8-9-22-57(53)62-65-60(47-14-2-1-3-15-47)64-61(66-62)50-33-31-45-29-28-42-12-4-6-20-54(42)58(45)38-50/h1-38H. The van der Waals surface area contributed by atoms with Crippen molar-refractivity contribution in [2.24, 2.45) is 0 Å². The smallest absolute Gasteiger partial charge is 0.164 e. The van der Waals surface area contributed by atoms with E-state index in [1.165, 1.54) is 43.3 Å². The molecule has 1 aromatic heterocycles. The van der Waals surface area contributed by atoms with Crippen molar-refractivity contribution in [1.82, 2.24) is 15.0 Å². The molecule has 66 heavy (non-hydrogen) atoms. The summed E-state index contributed by atoms with van der Waals surface area (Å²) >= 11 is 0. The molecule has 0 aliphatic carbocycles. The first kappa shape index (κ1) is 38.6. The van der Waals surface area contributed by atoms with Crippen LogP contribution in [0, 0.1) is 11.3 Å². The summed E-state index contributed by atoms with van der Waals surface area (Å²) in [5.41, 5.74) is 11.8. The van der Waals surface area contributed by atoms with Gasteiger partial charge in [-0.05, 0) is 118 Å². The van der Waals surface area contributed by atoms with E-state index in [9.17, 15) is 5.26 Å². The van der Waals surface area contributed by atoms with Gasteiger partial charge in [0.15, 0.2) is 17.5 Å². The zero-order chi connectivity index (χ0) is 44.0. The molecule has 306 valence electrons. The first-order valence-corrected chi connectivity index (χ1v) is 22.1. The van der Waals surface area contributed by atoms with Gasteiger partial charge in [0.1, 0.15) is 0 Å². The molecule has 0 saturated carbocycles. The monoisotopic (exact) mass is 838 g/mol. The maximum Gasteiger partial charge on any atom is 0.164 e. The fraction of sp³-hybridized carbons (Fsp3) is 0. The highest BCUT2D eigenvalue weighted by Crippen LogP contribution is 2.39. The summed E-state index contributed by atoms with van der Waals surface area (Å²) in [6, 6.07) is 83.0. The predicted octanol–water partition coefficient (Wildman–Crippen LogP) is 16.0. The number of hydrogen-bond donors (Lipinski definition) is 0. The van der Waals surface area contributed by atoms with Crippen molar-refractivity contribution in [3.05, 3.63) is 236 Å². The third kappa shape index (κ3) is 7.02. The molecule has 1 heterocycles. The van der Waals surface area contributed by atoms with Crippen LogP contribution in [0.5, 0.6) is 0 Å². The van der Waals surface area contributed by atoms with Gasteiger partial charge in [0.25, 0.3) is 0 Å². The molecule has 11 aromatic carbocycles. The van der Waals surface area contributed by atoms with Crippen LogP contribution >= 0.6 is 0 Å². The number of nitrogens with zero attached hydrogens (tertiary/aromatic N) is 4. The van der Waals surface area contributed by atoms with Crippen molar-refractivity contribution in [2.75, 3.05) is 0 Å². The predicted molar refractivity (Wildman–Crippen MR) is 273 cm³/mol. The zero-order valence-electron chi connectivity index (χ0n) is 35.7. The molecule has 0 saturated heterocycles. The summed E-state index contributed by atoms with van der Waals surface area (Å²) in [5, 5.41) is 19.9. The minimum atomic E-state index is 0.599. The number of hydrogen-bond acceptors (Lipinski definition) is 4. The quantitative estimate of drug-likeness (QED) is 0.150. The van der Waals surface area contributed by atoms with Crippen LogP contribution in [0.3, 0.4) is 0 Å². The Balaban J connectivity index is 0.916. The molecule has 0 bridgehead atoms. The SMILES string of the molecule is N#Cc1cc(-c2ccc(-c3ccccc3-c3nc(-c4ccccc4)nc(-c4ccc5ccc6ccccc6c5c4)n3)cc2)cc(-c2cccc(-c3cccc4ccc5ccccc5c34)c2)c1. The number of aromatic nitrogens is 3. The molecule has 12 aromatic rings. The lowest BCUT2D eigenvalue weighted by molar-refractivity contribution is 1.07. The van der Waals surface area contributed by atoms with Crippen molar-refractivity contribution in [3.63, 3.8) is 0 Å². The Morgan fingerprint density at radius 3 is 1.56 bits per heavy atom. The van der Waals surface area contributed by atoms with Gasteiger partial charge in [0.2, 0.25) is 0 Å². The summed E-state index contributed by atoms with van der Waals surface area (Å²) in [4.78, 5) is 15.4. The van der Waals surface area contributed by atoms with Gasteiger partial charge in [-0.2, -0.15) is 5.26 Å². The van der Waals surface area contributed by atoms with Crippen LogP contribution in [-0.4, -0.2) is 15.0 Å². The first-order valence-electron chi connectivity index (χ1n) is 22.1. The summed E-state index contributed by atoms with van der Waals surface area (Å²) in [5.74, 6) is 1.83. The van der Waals surface area contributed by atoms with Crippen LogP contribution in [0.25, 0.3) is 122 Å². The van der Waals surface area contributed by atoms with E-state index < -0.39 is 0 Å². The molecule has 4 nitrogen and oxygen atoms in total. The Hall–Kier alpha value is -9.04. The van der Waals surface area contributed by atoms with Crippen LogP contribution in [-0.2, 0) is 0 Å². The molecule has 0 spiro atoms. The molecular weight excluding hydrogens is 801 g/mol. The third-order valence-corrected chi connectivity index (χ3v) is 12.7.